The van der Waals surface area contributed by atoms with Crippen molar-refractivity contribution < 1.29 is 23.7 Å². The summed E-state index contributed by atoms with van der Waals surface area (Å²) < 4.78 is 9.69. The third-order valence-electron chi connectivity index (χ3n) is 3.41. The number of halogens is 2. The van der Waals surface area contributed by atoms with Gasteiger partial charge in [-0.3, -0.25) is 14.9 Å². The summed E-state index contributed by atoms with van der Waals surface area (Å²) in [4.78, 5) is 33.8. The van der Waals surface area contributed by atoms with Crippen LogP contribution in [0.5, 0.6) is 0 Å². The Morgan fingerprint density at radius 3 is 2.50 bits per heavy atom. The predicted molar refractivity (Wildman–Crippen MR) is 93.3 cm³/mol. The van der Waals surface area contributed by atoms with E-state index in [1.54, 1.807) is 25.1 Å². The average Bonchev–Trinajstić information content (AvgIpc) is 3.04. The molecule has 0 radical (unpaired) electrons. The third-order valence-corrected chi connectivity index (χ3v) is 3.98. The maximum Gasteiger partial charge on any atom is 0.433 e. The van der Waals surface area contributed by atoms with Crippen LogP contribution in [-0.2, 0) is 9.53 Å². The fourth-order valence-electron chi connectivity index (χ4n) is 2.07. The summed E-state index contributed by atoms with van der Waals surface area (Å²) >= 11 is 11.9. The highest BCUT2D eigenvalue weighted by Gasteiger charge is 2.24. The Morgan fingerprint density at radius 2 is 1.92 bits per heavy atom. The molecule has 26 heavy (non-hydrogen) atoms. The number of carbonyl (C=O) groups is 2. The predicted octanol–water partition coefficient (Wildman–Crippen LogP) is 3.92. The molecule has 0 aliphatic rings. The van der Waals surface area contributed by atoms with Gasteiger partial charge in [0.05, 0.1) is 12.1 Å². The van der Waals surface area contributed by atoms with Crippen LogP contribution in [0.25, 0.3) is 0 Å². The lowest BCUT2D eigenvalue weighted by molar-refractivity contribution is -0.402. The molecule has 2 aromatic rings. The monoisotopic (exact) mass is 400 g/mol. The number of nitrogens with one attached hydrogen (secondary N) is 1. The first kappa shape index (κ1) is 19.7. The van der Waals surface area contributed by atoms with Crippen molar-refractivity contribution in [3.05, 3.63) is 61.8 Å². The van der Waals surface area contributed by atoms with Crippen LogP contribution in [0, 0.1) is 10.1 Å². The van der Waals surface area contributed by atoms with Crippen molar-refractivity contribution in [3.63, 3.8) is 0 Å². The molecule has 1 aromatic heterocycles. The number of furan rings is 1. The minimum Gasteiger partial charge on any atom is -0.447 e. The standard InChI is InChI=1S/C16H14Cl2N2O6/c1-8(11-4-3-10(17)7-12(11)18)19-15(21)9(2)25-16(22)13-5-6-14(26-13)20(23)24/h3-9H,1-2H3,(H,19,21)/t8-,9-/m0/s1. The van der Waals surface area contributed by atoms with E-state index >= 15 is 0 Å². The molecule has 1 heterocycles. The molecule has 1 N–H and O–H groups in total. The zero-order valence-corrected chi connectivity index (χ0v) is 15.2. The van der Waals surface area contributed by atoms with Gasteiger partial charge in [-0.2, -0.15) is 0 Å². The van der Waals surface area contributed by atoms with E-state index < -0.39 is 34.8 Å². The zero-order chi connectivity index (χ0) is 19.4. The van der Waals surface area contributed by atoms with E-state index in [-0.39, 0.29) is 5.76 Å². The summed E-state index contributed by atoms with van der Waals surface area (Å²) in [6, 6.07) is 6.52. The van der Waals surface area contributed by atoms with E-state index in [2.05, 4.69) is 5.32 Å². The van der Waals surface area contributed by atoms with Crippen LogP contribution < -0.4 is 5.32 Å². The van der Waals surface area contributed by atoms with Crippen molar-refractivity contribution in [3.8, 4) is 0 Å². The maximum absolute atomic E-state index is 12.2. The highest BCUT2D eigenvalue weighted by molar-refractivity contribution is 6.35. The first-order chi connectivity index (χ1) is 12.2. The number of hydrogen-bond donors (Lipinski definition) is 1. The quantitative estimate of drug-likeness (QED) is 0.446. The van der Waals surface area contributed by atoms with Crippen LogP contribution in [0.2, 0.25) is 10.0 Å². The molecule has 0 bridgehead atoms. The van der Waals surface area contributed by atoms with Crippen molar-refractivity contribution in [1.29, 1.82) is 0 Å². The molecule has 2 rings (SSSR count). The molecule has 138 valence electrons. The average molecular weight is 401 g/mol. The lowest BCUT2D eigenvalue weighted by Gasteiger charge is -2.19. The second-order valence-corrected chi connectivity index (χ2v) is 6.18. The van der Waals surface area contributed by atoms with Gasteiger partial charge in [-0.25, -0.2) is 4.79 Å². The van der Waals surface area contributed by atoms with Crippen LogP contribution in [0.1, 0.15) is 36.0 Å². The Labute approximate surface area is 158 Å². The van der Waals surface area contributed by atoms with Gasteiger partial charge in [0.1, 0.15) is 4.92 Å². The molecule has 0 spiro atoms. The summed E-state index contributed by atoms with van der Waals surface area (Å²) in [5, 5.41) is 14.1. The zero-order valence-electron chi connectivity index (χ0n) is 13.7. The van der Waals surface area contributed by atoms with Crippen molar-refractivity contribution in [1.82, 2.24) is 5.32 Å². The number of hydrogen-bond acceptors (Lipinski definition) is 6. The minimum atomic E-state index is -1.15. The minimum absolute atomic E-state index is 0.370. The van der Waals surface area contributed by atoms with Crippen LogP contribution in [0.15, 0.2) is 34.7 Å². The van der Waals surface area contributed by atoms with Gasteiger partial charge in [0, 0.05) is 10.0 Å². The largest absolute Gasteiger partial charge is 0.447 e. The van der Waals surface area contributed by atoms with E-state index in [4.69, 9.17) is 32.4 Å². The Kier molecular flexibility index (Phi) is 6.23. The molecule has 1 aromatic carbocycles. The second-order valence-electron chi connectivity index (χ2n) is 5.34. The van der Waals surface area contributed by atoms with E-state index in [1.807, 2.05) is 0 Å². The Balaban J connectivity index is 1.97. The van der Waals surface area contributed by atoms with Gasteiger partial charge in [0.15, 0.2) is 6.10 Å². The number of amides is 1. The summed E-state index contributed by atoms with van der Waals surface area (Å²) in [5.74, 6) is -2.53. The number of rotatable bonds is 6. The van der Waals surface area contributed by atoms with Gasteiger partial charge in [-0.15, -0.1) is 0 Å². The van der Waals surface area contributed by atoms with E-state index in [1.165, 1.54) is 6.92 Å². The molecular weight excluding hydrogens is 387 g/mol. The van der Waals surface area contributed by atoms with Gasteiger partial charge in [-0.1, -0.05) is 29.3 Å². The molecule has 1 amide bonds. The molecule has 0 unspecified atom stereocenters. The Morgan fingerprint density at radius 1 is 1.23 bits per heavy atom. The molecular formula is C16H14Cl2N2O6. The lowest BCUT2D eigenvalue weighted by Crippen LogP contribution is -2.37. The van der Waals surface area contributed by atoms with E-state index in [9.17, 15) is 19.7 Å². The van der Waals surface area contributed by atoms with Gasteiger partial charge in [-0.05, 0) is 37.6 Å². The molecule has 0 fully saturated rings. The van der Waals surface area contributed by atoms with Gasteiger partial charge >= 0.3 is 11.9 Å². The molecule has 2 atom stereocenters. The number of nitrogens with zero attached hydrogens (tertiary/aromatic N) is 1. The summed E-state index contributed by atoms with van der Waals surface area (Å²) in [5.41, 5.74) is 0.643. The molecule has 10 heteroatoms. The van der Waals surface area contributed by atoms with Crippen molar-refractivity contribution in [2.75, 3.05) is 0 Å². The SMILES string of the molecule is C[C@H](OC(=O)c1ccc([N+](=O)[O-])o1)C(=O)N[C@@H](C)c1ccc(Cl)cc1Cl. The first-order valence-corrected chi connectivity index (χ1v) is 8.15. The summed E-state index contributed by atoms with van der Waals surface area (Å²) in [7, 11) is 0. The van der Waals surface area contributed by atoms with Crippen molar-refractivity contribution >= 4 is 41.0 Å². The van der Waals surface area contributed by atoms with Gasteiger partial charge < -0.3 is 14.5 Å². The second kappa shape index (κ2) is 8.20. The van der Waals surface area contributed by atoms with Gasteiger partial charge in [0.2, 0.25) is 5.76 Å². The number of benzene rings is 1. The van der Waals surface area contributed by atoms with Gasteiger partial charge in [0.25, 0.3) is 5.91 Å². The Hall–Kier alpha value is -2.58. The molecule has 0 saturated carbocycles. The van der Waals surface area contributed by atoms with Crippen LogP contribution >= 0.6 is 23.2 Å². The third kappa shape index (κ3) is 4.74. The lowest BCUT2D eigenvalue weighted by atomic mass is 10.1. The first-order valence-electron chi connectivity index (χ1n) is 7.39. The fourth-order valence-corrected chi connectivity index (χ4v) is 2.64. The molecule has 0 aliphatic carbocycles. The number of ether oxygens (including phenoxy) is 1. The highest BCUT2D eigenvalue weighted by atomic mass is 35.5. The molecule has 8 nitrogen and oxygen atoms in total. The number of nitro groups is 1. The maximum atomic E-state index is 12.2. The van der Waals surface area contributed by atoms with E-state index in [0.29, 0.717) is 15.6 Å². The summed E-state index contributed by atoms with van der Waals surface area (Å²) in [6.45, 7) is 3.07. The normalized spacial score (nSPS) is 12.9. The summed E-state index contributed by atoms with van der Waals surface area (Å²) in [6.07, 6.45) is -1.15. The number of carbonyl (C=O) groups excluding carboxylic acids is 2. The van der Waals surface area contributed by atoms with Crippen molar-refractivity contribution in [2.24, 2.45) is 0 Å². The number of esters is 1. The smallest absolute Gasteiger partial charge is 0.433 e. The van der Waals surface area contributed by atoms with Crippen LogP contribution in [0.4, 0.5) is 5.88 Å². The molecule has 0 saturated heterocycles. The van der Waals surface area contributed by atoms with E-state index in [0.717, 1.165) is 12.1 Å². The topological polar surface area (TPSA) is 112 Å². The molecule has 0 aliphatic heterocycles. The van der Waals surface area contributed by atoms with Crippen LogP contribution in [-0.4, -0.2) is 22.9 Å². The fraction of sp³-hybridized carbons (Fsp3) is 0.250. The van der Waals surface area contributed by atoms with Crippen molar-refractivity contribution in [2.45, 2.75) is 26.0 Å². The highest BCUT2D eigenvalue weighted by Crippen LogP contribution is 2.26. The Bertz CT molecular complexity index is 851. The van der Waals surface area contributed by atoms with Crippen LogP contribution in [0.3, 0.4) is 0 Å².